The molecule has 0 atom stereocenters. The summed E-state index contributed by atoms with van der Waals surface area (Å²) in [4.78, 5) is 21.1. The number of hydrazone groups is 1. The second-order valence-electron chi connectivity index (χ2n) is 6.36. The van der Waals surface area contributed by atoms with Gasteiger partial charge in [-0.05, 0) is 49.7 Å². The second kappa shape index (κ2) is 9.84. The summed E-state index contributed by atoms with van der Waals surface area (Å²) in [6, 6.07) is 16.8. The van der Waals surface area contributed by atoms with Gasteiger partial charge in [-0.25, -0.2) is 15.4 Å². The molecule has 7 heteroatoms. The summed E-state index contributed by atoms with van der Waals surface area (Å²) in [5.41, 5.74) is 6.87. The van der Waals surface area contributed by atoms with E-state index in [9.17, 15) is 4.79 Å². The van der Waals surface area contributed by atoms with Crippen LogP contribution in [0.5, 0.6) is 5.75 Å². The number of amides is 1. The number of aryl methyl sites for hydroxylation is 2. The molecule has 3 rings (SSSR count). The highest BCUT2D eigenvalue weighted by Gasteiger charge is 2.06. The summed E-state index contributed by atoms with van der Waals surface area (Å²) < 4.78 is 5.25. The van der Waals surface area contributed by atoms with Gasteiger partial charge in [-0.15, -0.1) is 0 Å². The van der Waals surface area contributed by atoms with Crippen LogP contribution in [-0.2, 0) is 5.75 Å². The zero-order chi connectivity index (χ0) is 20.6. The minimum Gasteiger partial charge on any atom is -0.496 e. The molecule has 0 aliphatic carbocycles. The van der Waals surface area contributed by atoms with Crippen molar-refractivity contribution in [1.82, 2.24) is 15.4 Å². The van der Waals surface area contributed by atoms with Gasteiger partial charge in [-0.3, -0.25) is 4.79 Å². The Labute approximate surface area is 174 Å². The number of rotatable bonds is 7. The van der Waals surface area contributed by atoms with E-state index >= 15 is 0 Å². The molecular weight excluding hydrogens is 384 g/mol. The highest BCUT2D eigenvalue weighted by atomic mass is 32.2. The average Bonchev–Trinajstić information content (AvgIpc) is 2.72. The van der Waals surface area contributed by atoms with E-state index in [0.717, 1.165) is 33.4 Å². The van der Waals surface area contributed by atoms with Crippen LogP contribution in [0.2, 0.25) is 0 Å². The zero-order valence-corrected chi connectivity index (χ0v) is 17.4. The summed E-state index contributed by atoms with van der Waals surface area (Å²) in [7, 11) is 1.59. The highest BCUT2D eigenvalue weighted by Crippen LogP contribution is 2.20. The van der Waals surface area contributed by atoms with Crippen molar-refractivity contribution < 1.29 is 9.53 Å². The number of methoxy groups -OCH3 is 1. The van der Waals surface area contributed by atoms with Crippen molar-refractivity contribution in [2.24, 2.45) is 5.10 Å². The molecule has 3 aromatic rings. The Morgan fingerprint density at radius 1 is 1.10 bits per heavy atom. The summed E-state index contributed by atoms with van der Waals surface area (Å²) in [5, 5.41) is 4.78. The molecule has 0 aliphatic rings. The fraction of sp³-hybridized carbons (Fsp3) is 0.182. The van der Waals surface area contributed by atoms with Gasteiger partial charge >= 0.3 is 0 Å². The molecule has 0 bridgehead atoms. The lowest BCUT2D eigenvalue weighted by Gasteiger charge is -2.05. The third kappa shape index (κ3) is 5.89. The lowest BCUT2D eigenvalue weighted by Crippen LogP contribution is -2.17. The zero-order valence-electron chi connectivity index (χ0n) is 16.5. The Hall–Kier alpha value is -3.19. The van der Waals surface area contributed by atoms with Crippen molar-refractivity contribution in [3.63, 3.8) is 0 Å². The van der Waals surface area contributed by atoms with Crippen LogP contribution in [0, 0.1) is 13.8 Å². The summed E-state index contributed by atoms with van der Waals surface area (Å²) in [6.45, 7) is 3.92. The summed E-state index contributed by atoms with van der Waals surface area (Å²) in [5.74, 6) is 1.16. The van der Waals surface area contributed by atoms with Gasteiger partial charge in [0.25, 0.3) is 5.91 Å². The maximum Gasteiger partial charge on any atom is 0.271 e. The Balaban J connectivity index is 1.56. The Kier molecular flexibility index (Phi) is 6.97. The van der Waals surface area contributed by atoms with Crippen molar-refractivity contribution >= 4 is 23.9 Å². The van der Waals surface area contributed by atoms with E-state index in [1.807, 2.05) is 56.3 Å². The number of para-hydroxylation sites is 1. The maximum absolute atomic E-state index is 12.3. The summed E-state index contributed by atoms with van der Waals surface area (Å²) in [6.07, 6.45) is 1.56. The van der Waals surface area contributed by atoms with Gasteiger partial charge in [0.05, 0.1) is 13.3 Å². The molecule has 6 nitrogen and oxygen atoms in total. The van der Waals surface area contributed by atoms with Crippen molar-refractivity contribution in [1.29, 1.82) is 0 Å². The fourth-order valence-electron chi connectivity index (χ4n) is 2.66. The molecule has 2 aromatic carbocycles. The van der Waals surface area contributed by atoms with Gasteiger partial charge in [0.1, 0.15) is 5.75 Å². The number of thioether (sulfide) groups is 1. The molecule has 1 N–H and O–H groups in total. The third-order valence-electron chi connectivity index (χ3n) is 4.05. The molecule has 0 saturated heterocycles. The van der Waals surface area contributed by atoms with Crippen LogP contribution >= 0.6 is 11.8 Å². The molecule has 1 amide bonds. The third-order valence-corrected chi connectivity index (χ3v) is 4.97. The number of hydrogen-bond donors (Lipinski definition) is 1. The van der Waals surface area contributed by atoms with E-state index in [0.29, 0.717) is 11.3 Å². The quantitative estimate of drug-likeness (QED) is 0.276. The van der Waals surface area contributed by atoms with Crippen LogP contribution in [0.4, 0.5) is 0 Å². The van der Waals surface area contributed by atoms with Gasteiger partial charge in [-0.2, -0.15) is 5.10 Å². The number of hydrogen-bond acceptors (Lipinski definition) is 6. The van der Waals surface area contributed by atoms with Crippen LogP contribution in [0.1, 0.15) is 32.9 Å². The van der Waals surface area contributed by atoms with E-state index in [2.05, 4.69) is 20.5 Å². The number of ether oxygens (including phenoxy) is 1. The fourth-order valence-corrected chi connectivity index (χ4v) is 3.56. The maximum atomic E-state index is 12.3. The van der Waals surface area contributed by atoms with Gasteiger partial charge < -0.3 is 4.74 Å². The van der Waals surface area contributed by atoms with Gasteiger partial charge in [0.15, 0.2) is 5.16 Å². The molecule has 0 spiro atoms. The van der Waals surface area contributed by atoms with Crippen molar-refractivity contribution in [2.45, 2.75) is 24.8 Å². The van der Waals surface area contributed by atoms with E-state index < -0.39 is 0 Å². The molecule has 1 aromatic heterocycles. The Bertz CT molecular complexity index is 999. The molecule has 1 heterocycles. The van der Waals surface area contributed by atoms with E-state index in [1.54, 1.807) is 37.2 Å². The molecule has 0 radical (unpaired) electrons. The first-order valence-electron chi connectivity index (χ1n) is 9.05. The summed E-state index contributed by atoms with van der Waals surface area (Å²) >= 11 is 1.57. The van der Waals surface area contributed by atoms with Gasteiger partial charge in [0, 0.05) is 28.3 Å². The number of carbonyl (C=O) groups is 1. The average molecular weight is 407 g/mol. The van der Waals surface area contributed by atoms with E-state index in [4.69, 9.17) is 4.74 Å². The van der Waals surface area contributed by atoms with Crippen molar-refractivity contribution in [2.75, 3.05) is 7.11 Å². The number of nitrogens with one attached hydrogen (secondary N) is 1. The predicted octanol–water partition coefficient (Wildman–Crippen LogP) is 4.16. The minimum atomic E-state index is -0.270. The largest absolute Gasteiger partial charge is 0.496 e. The Morgan fingerprint density at radius 3 is 2.48 bits per heavy atom. The SMILES string of the molecule is COc1ccccc1/C=N\NC(=O)c1ccc(CSc2nc(C)cc(C)n2)cc1. The Morgan fingerprint density at radius 2 is 1.79 bits per heavy atom. The van der Waals surface area contributed by atoms with E-state index in [1.165, 1.54) is 0 Å². The van der Waals surface area contributed by atoms with Crippen molar-refractivity contribution in [3.05, 3.63) is 82.7 Å². The number of nitrogens with zero attached hydrogens (tertiary/aromatic N) is 3. The number of aromatic nitrogens is 2. The first-order chi connectivity index (χ1) is 14.0. The monoisotopic (exact) mass is 406 g/mol. The first kappa shape index (κ1) is 20.5. The standard InChI is InChI=1S/C22H22N4O2S/c1-15-12-16(2)25-22(24-15)29-14-17-8-10-18(11-9-17)21(27)26-23-13-19-6-4-5-7-20(19)28-3/h4-13H,14H2,1-3H3,(H,26,27)/b23-13-. The smallest absolute Gasteiger partial charge is 0.271 e. The van der Waals surface area contributed by atoms with Crippen molar-refractivity contribution in [3.8, 4) is 5.75 Å². The number of carbonyl (C=O) groups excluding carboxylic acids is 1. The van der Waals surface area contributed by atoms with Crippen LogP contribution in [-0.4, -0.2) is 29.2 Å². The highest BCUT2D eigenvalue weighted by molar-refractivity contribution is 7.98. The second-order valence-corrected chi connectivity index (χ2v) is 7.30. The number of benzene rings is 2. The van der Waals surface area contributed by atoms with E-state index in [-0.39, 0.29) is 5.91 Å². The lowest BCUT2D eigenvalue weighted by molar-refractivity contribution is 0.0955. The molecule has 0 saturated carbocycles. The topological polar surface area (TPSA) is 76.5 Å². The molecule has 0 aliphatic heterocycles. The lowest BCUT2D eigenvalue weighted by atomic mass is 10.1. The molecule has 148 valence electrons. The molecule has 29 heavy (non-hydrogen) atoms. The van der Waals surface area contributed by atoms with Gasteiger partial charge in [0.2, 0.25) is 0 Å². The van der Waals surface area contributed by atoms with Crippen LogP contribution in [0.15, 0.2) is 64.9 Å². The van der Waals surface area contributed by atoms with Crippen LogP contribution in [0.3, 0.4) is 0 Å². The molecular formula is C22H22N4O2S. The normalized spacial score (nSPS) is 10.9. The first-order valence-corrected chi connectivity index (χ1v) is 10.0. The molecule has 0 fully saturated rings. The van der Waals surface area contributed by atoms with Gasteiger partial charge in [-0.1, -0.05) is 36.0 Å². The van der Waals surface area contributed by atoms with Crippen LogP contribution in [0.25, 0.3) is 0 Å². The van der Waals surface area contributed by atoms with Crippen LogP contribution < -0.4 is 10.2 Å². The molecule has 0 unspecified atom stereocenters. The minimum absolute atomic E-state index is 0.270. The predicted molar refractivity (Wildman–Crippen MR) is 116 cm³/mol.